The highest BCUT2D eigenvalue weighted by molar-refractivity contribution is 6.50. The molecule has 0 aliphatic rings. The van der Waals surface area contributed by atoms with Crippen LogP contribution >= 0.6 is 0 Å². The van der Waals surface area contributed by atoms with Crippen molar-refractivity contribution in [2.45, 2.75) is 20.3 Å². The van der Waals surface area contributed by atoms with Gasteiger partial charge in [0.2, 0.25) is 0 Å². The maximum Gasteiger partial charge on any atom is 0.673 e. The fourth-order valence-electron chi connectivity index (χ4n) is 0.604. The second-order valence-corrected chi connectivity index (χ2v) is 2.56. The van der Waals surface area contributed by atoms with E-state index in [2.05, 4.69) is 20.9 Å². The van der Waals surface area contributed by atoms with Crippen LogP contribution in [0.5, 0.6) is 0 Å². The summed E-state index contributed by atoms with van der Waals surface area (Å²) in [7, 11) is -3.77. The Balaban J connectivity index is 0. The van der Waals surface area contributed by atoms with E-state index in [1.165, 1.54) is 19.5 Å². The second kappa shape index (κ2) is 7.40. The van der Waals surface area contributed by atoms with Crippen LogP contribution in [0.25, 0.3) is 0 Å². The van der Waals surface area contributed by atoms with Gasteiger partial charge in [-0.2, -0.15) is 0 Å². The second-order valence-electron chi connectivity index (χ2n) is 2.56. The zero-order valence-electron chi connectivity index (χ0n) is 7.71. The predicted molar refractivity (Wildman–Crippen MR) is 42.8 cm³/mol. The van der Waals surface area contributed by atoms with Crippen LogP contribution in [0.1, 0.15) is 20.3 Å². The molecule has 1 nitrogen and oxygen atoms in total. The highest BCUT2D eigenvalue weighted by Crippen LogP contribution is 2.06. The third-order valence-corrected chi connectivity index (χ3v) is 1.28. The monoisotopic (exact) mass is 189 g/mol. The number of quaternary nitrogens is 1. The first kappa shape index (κ1) is 14.3. The van der Waals surface area contributed by atoms with Crippen molar-refractivity contribution in [3.8, 4) is 0 Å². The first-order valence-corrected chi connectivity index (χ1v) is 3.99. The largest absolute Gasteiger partial charge is 0.673 e. The van der Waals surface area contributed by atoms with E-state index in [1.54, 1.807) is 4.90 Å². The van der Waals surface area contributed by atoms with E-state index in [-0.39, 0.29) is 0 Å². The van der Waals surface area contributed by atoms with Gasteiger partial charge in [0.25, 0.3) is 0 Å². The molecule has 76 valence electrons. The molecule has 0 aromatic heterocycles. The average molecular weight is 189 g/mol. The first-order valence-electron chi connectivity index (χ1n) is 3.99. The molecular formula is C6H16BF4N. The molecule has 6 heteroatoms. The molecule has 0 saturated heterocycles. The van der Waals surface area contributed by atoms with Gasteiger partial charge in [-0.3, -0.25) is 0 Å². The van der Waals surface area contributed by atoms with E-state index < -0.39 is 7.25 Å². The van der Waals surface area contributed by atoms with Gasteiger partial charge in [0.1, 0.15) is 0 Å². The smallest absolute Gasteiger partial charge is 0.418 e. The molecule has 0 aliphatic carbocycles. The summed E-state index contributed by atoms with van der Waals surface area (Å²) in [6.07, 6.45) is 1.31. The molecule has 0 aromatic rings. The van der Waals surface area contributed by atoms with Gasteiger partial charge in [-0.25, -0.2) is 0 Å². The van der Waals surface area contributed by atoms with Crippen LogP contribution in [-0.4, -0.2) is 27.4 Å². The van der Waals surface area contributed by atoms with E-state index >= 15 is 0 Å². The Labute approximate surface area is 70.8 Å². The summed E-state index contributed by atoms with van der Waals surface area (Å²) in [6, 6.07) is 0. The number of nitrogens with one attached hydrogen (secondary N) is 1. The van der Waals surface area contributed by atoms with Crippen LogP contribution < -0.4 is 4.90 Å². The van der Waals surface area contributed by atoms with Crippen LogP contribution in [0.3, 0.4) is 0 Å². The van der Waals surface area contributed by atoms with E-state index in [4.69, 9.17) is 0 Å². The predicted octanol–water partition coefficient (Wildman–Crippen LogP) is 1.23. The Kier molecular flexibility index (Phi) is 8.80. The number of hydrogen-bond acceptors (Lipinski definition) is 0. The fourth-order valence-corrected chi connectivity index (χ4v) is 0.604. The van der Waals surface area contributed by atoms with Gasteiger partial charge >= 0.3 is 7.25 Å². The van der Waals surface area contributed by atoms with Crippen LogP contribution in [0.4, 0.5) is 17.3 Å². The van der Waals surface area contributed by atoms with Gasteiger partial charge in [-0.1, -0.05) is 6.92 Å². The molecule has 12 heavy (non-hydrogen) atoms. The van der Waals surface area contributed by atoms with Gasteiger partial charge in [0.05, 0.1) is 20.1 Å². The number of rotatable bonds is 3. The van der Waals surface area contributed by atoms with Crippen molar-refractivity contribution < 1.29 is 22.2 Å². The number of halogens is 4. The molecule has 1 atom stereocenters. The Bertz CT molecular complexity index is 90.0. The third-order valence-electron chi connectivity index (χ3n) is 1.28. The highest BCUT2D eigenvalue weighted by atomic mass is 19.5. The molecule has 0 heterocycles. The normalized spacial score (nSPS) is 13.2. The molecule has 0 amide bonds. The van der Waals surface area contributed by atoms with Crippen molar-refractivity contribution in [2.24, 2.45) is 0 Å². The van der Waals surface area contributed by atoms with E-state index in [9.17, 15) is 17.3 Å². The molecule has 0 fully saturated rings. The van der Waals surface area contributed by atoms with Gasteiger partial charge < -0.3 is 22.2 Å². The van der Waals surface area contributed by atoms with Crippen molar-refractivity contribution in [3.05, 3.63) is 0 Å². The molecule has 0 saturated carbocycles. The van der Waals surface area contributed by atoms with E-state index in [1.807, 2.05) is 0 Å². The molecule has 0 rings (SSSR count). The average Bonchev–Trinajstić information content (AvgIpc) is 1.85. The lowest BCUT2D eigenvalue weighted by Crippen LogP contribution is -3.08. The Morgan fingerprint density at radius 1 is 1.08 bits per heavy atom. The lowest BCUT2D eigenvalue weighted by molar-refractivity contribution is -0.877. The Hall–Kier alpha value is -0.255. The molecule has 0 radical (unpaired) electrons. The number of hydrogen-bond donors (Lipinski definition) is 1. The summed E-state index contributed by atoms with van der Waals surface area (Å²) in [5, 5.41) is 0. The van der Waals surface area contributed by atoms with Crippen LogP contribution in [0.15, 0.2) is 0 Å². The van der Waals surface area contributed by atoms with Gasteiger partial charge in [0.15, 0.2) is 0 Å². The van der Waals surface area contributed by atoms with E-state index in [0.717, 1.165) is 0 Å². The highest BCUT2D eigenvalue weighted by Gasteiger charge is 2.20. The summed E-state index contributed by atoms with van der Waals surface area (Å²) in [5.74, 6) is 0. The SMILES string of the molecule is CCC[NH+](C)CC.F[B-](F)(F)F. The minimum Gasteiger partial charge on any atom is -0.418 e. The summed E-state index contributed by atoms with van der Waals surface area (Å²) in [5.41, 5.74) is 0. The lowest BCUT2D eigenvalue weighted by atomic mass is 10.3. The first-order chi connectivity index (χ1) is 5.31. The zero-order chi connectivity index (χ0) is 10.2. The minimum atomic E-state index is -6.00. The van der Waals surface area contributed by atoms with Crippen LogP contribution in [0, 0.1) is 0 Å². The third kappa shape index (κ3) is 33.1. The van der Waals surface area contributed by atoms with Crippen molar-refractivity contribution in [1.82, 2.24) is 0 Å². The maximum absolute atomic E-state index is 9.75. The summed E-state index contributed by atoms with van der Waals surface area (Å²) in [4.78, 5) is 1.63. The van der Waals surface area contributed by atoms with Crippen LogP contribution in [0.2, 0.25) is 0 Å². The summed E-state index contributed by atoms with van der Waals surface area (Å²) < 4.78 is 39.0. The molecule has 1 N–H and O–H groups in total. The van der Waals surface area contributed by atoms with Crippen molar-refractivity contribution in [2.75, 3.05) is 20.1 Å². The van der Waals surface area contributed by atoms with Crippen LogP contribution in [-0.2, 0) is 0 Å². The quantitative estimate of drug-likeness (QED) is 0.503. The molecule has 0 aliphatic heterocycles. The zero-order valence-corrected chi connectivity index (χ0v) is 7.71. The lowest BCUT2D eigenvalue weighted by Gasteiger charge is -2.07. The Morgan fingerprint density at radius 3 is 1.50 bits per heavy atom. The molecule has 0 bridgehead atoms. The van der Waals surface area contributed by atoms with E-state index in [0.29, 0.717) is 0 Å². The standard InChI is InChI=1S/C6H15N.BF4/c1-4-6-7(3)5-2;2-1(3,4)5/h4-6H2,1-3H3;/q;-1/p+1. The molecule has 1 unspecified atom stereocenters. The van der Waals surface area contributed by atoms with Crippen molar-refractivity contribution in [3.63, 3.8) is 0 Å². The summed E-state index contributed by atoms with van der Waals surface area (Å²) >= 11 is 0. The molecular weight excluding hydrogens is 173 g/mol. The van der Waals surface area contributed by atoms with Gasteiger partial charge in [-0.05, 0) is 13.3 Å². The van der Waals surface area contributed by atoms with Gasteiger partial charge in [0, 0.05) is 0 Å². The topological polar surface area (TPSA) is 4.44 Å². The van der Waals surface area contributed by atoms with Crippen molar-refractivity contribution >= 4 is 7.25 Å². The van der Waals surface area contributed by atoms with Crippen molar-refractivity contribution in [1.29, 1.82) is 0 Å². The fraction of sp³-hybridized carbons (Fsp3) is 1.00. The maximum atomic E-state index is 9.75. The summed E-state index contributed by atoms with van der Waals surface area (Å²) in [6.45, 7) is 7.01. The Morgan fingerprint density at radius 2 is 1.42 bits per heavy atom. The van der Waals surface area contributed by atoms with Gasteiger partial charge in [-0.15, -0.1) is 0 Å². The molecule has 0 aromatic carbocycles. The minimum absolute atomic E-state index is 1.26. The molecule has 0 spiro atoms.